The van der Waals surface area contributed by atoms with Gasteiger partial charge in [-0.2, -0.15) is 0 Å². The summed E-state index contributed by atoms with van der Waals surface area (Å²) in [6, 6.07) is 0. The molecule has 0 unspecified atom stereocenters. The van der Waals surface area contributed by atoms with Crippen molar-refractivity contribution in [3.8, 4) is 0 Å². The summed E-state index contributed by atoms with van der Waals surface area (Å²) in [5.41, 5.74) is -7.77. The maximum Gasteiger partial charge on any atom is 0.335 e. The molecule has 0 radical (unpaired) electrons. The molecule has 8 aliphatic rings. The van der Waals surface area contributed by atoms with E-state index in [1.807, 2.05) is 34.6 Å². The Morgan fingerprint density at radius 2 is 1.42 bits per heavy atom. The normalized spacial score (nSPS) is 53.1. The van der Waals surface area contributed by atoms with Gasteiger partial charge < -0.3 is 99.9 Å². The third kappa shape index (κ3) is 8.17. The van der Waals surface area contributed by atoms with Crippen molar-refractivity contribution in [3.05, 3.63) is 23.3 Å². The predicted molar refractivity (Wildman–Crippen MR) is 254 cm³/mol. The summed E-state index contributed by atoms with van der Waals surface area (Å²) in [5, 5.41) is 159. The standard InChI is InChI=1S/C52H82O22/c1-10-21(2)43(67)73-40-38(64)46(3,4)17-23-22-11-12-27-48(7)15-14-28(47(5,6)26(48)13-16-49(27,8)50(22,9)36(62)37(63)51(23,40)20-54)71-45-41(74-44-33(60)31(58)30(57)25(18-53)70-44)52(68,35(61)34(72-45)42(65)66)39-32(59)29(56)24(55)19-69-39/h10-11,23-41,44-45,53-64,68H,12-20H2,1-9H3,(H,65,66)/b21-10-/t23-,24-,25+,26-,27+,28-,29-,30+,31-,32+,33+,34-,35+,36-,37+,38-,39+,40-,41-,44-,45+,48-,49+,50-,51-,52+/m0/s1. The fourth-order valence-electron chi connectivity index (χ4n) is 16.1. The summed E-state index contributed by atoms with van der Waals surface area (Å²) >= 11 is 0. The average Bonchev–Trinajstić information content (AvgIpc) is 3.34. The van der Waals surface area contributed by atoms with Crippen LogP contribution in [0.5, 0.6) is 0 Å². The van der Waals surface area contributed by atoms with Gasteiger partial charge in [0, 0.05) is 11.0 Å². The zero-order valence-electron chi connectivity index (χ0n) is 43.7. The van der Waals surface area contributed by atoms with Gasteiger partial charge in [0.15, 0.2) is 24.3 Å². The van der Waals surface area contributed by atoms with Crippen molar-refractivity contribution in [2.45, 2.75) is 217 Å². The number of aliphatic hydroxyl groups excluding tert-OH is 12. The topological polar surface area (TPSA) is 373 Å². The molecule has 4 saturated carbocycles. The number of ether oxygens (including phenoxy) is 6. The van der Waals surface area contributed by atoms with E-state index < -0.39 is 186 Å². The van der Waals surface area contributed by atoms with E-state index in [1.165, 1.54) is 0 Å². The van der Waals surface area contributed by atoms with Gasteiger partial charge in [-0.3, -0.25) is 0 Å². The van der Waals surface area contributed by atoms with Crippen LogP contribution in [0.1, 0.15) is 101 Å². The van der Waals surface area contributed by atoms with Crippen LogP contribution in [-0.2, 0) is 38.0 Å². The number of aliphatic carboxylic acids is 1. The molecule has 3 aliphatic heterocycles. The summed E-state index contributed by atoms with van der Waals surface area (Å²) in [6.07, 6.45) is -27.0. The predicted octanol–water partition coefficient (Wildman–Crippen LogP) is -1.87. The molecule has 8 rings (SSSR count). The van der Waals surface area contributed by atoms with Crippen LogP contribution in [0.25, 0.3) is 0 Å². The van der Waals surface area contributed by atoms with Crippen LogP contribution in [-0.4, -0.2) is 219 Å². The lowest BCUT2D eigenvalue weighted by atomic mass is 9.32. The summed E-state index contributed by atoms with van der Waals surface area (Å²) in [6.45, 7) is 14.9. The first-order valence-electron chi connectivity index (χ1n) is 26.1. The molecule has 22 nitrogen and oxygen atoms in total. The zero-order valence-corrected chi connectivity index (χ0v) is 43.7. The van der Waals surface area contributed by atoms with Crippen molar-refractivity contribution >= 4 is 11.9 Å². The smallest absolute Gasteiger partial charge is 0.335 e. The van der Waals surface area contributed by atoms with E-state index in [-0.39, 0.29) is 23.8 Å². The molecule has 7 fully saturated rings. The van der Waals surface area contributed by atoms with E-state index in [1.54, 1.807) is 19.9 Å². The quantitative estimate of drug-likeness (QED) is 0.0493. The number of hydrogen-bond donors (Lipinski definition) is 14. The van der Waals surface area contributed by atoms with Crippen LogP contribution in [0.4, 0.5) is 0 Å². The van der Waals surface area contributed by atoms with Crippen LogP contribution in [0, 0.1) is 50.2 Å². The molecule has 0 aromatic heterocycles. The van der Waals surface area contributed by atoms with Crippen LogP contribution in [0.2, 0.25) is 0 Å². The number of allylic oxidation sites excluding steroid dienone is 2. The average molecular weight is 1060 g/mol. The largest absolute Gasteiger partial charge is 0.479 e. The number of fused-ring (bicyclic) bond motifs is 7. The van der Waals surface area contributed by atoms with Crippen LogP contribution >= 0.6 is 0 Å². The number of aliphatic hydroxyl groups is 13. The van der Waals surface area contributed by atoms with Crippen molar-refractivity contribution in [3.63, 3.8) is 0 Å². The molecule has 0 spiro atoms. The lowest BCUT2D eigenvalue weighted by Crippen LogP contribution is -2.78. The van der Waals surface area contributed by atoms with Crippen molar-refractivity contribution in [1.29, 1.82) is 0 Å². The summed E-state index contributed by atoms with van der Waals surface area (Å²) in [5.74, 6) is -3.48. The van der Waals surface area contributed by atoms with Crippen LogP contribution < -0.4 is 0 Å². The summed E-state index contributed by atoms with van der Waals surface area (Å²) < 4.78 is 36.3. The second-order valence-corrected chi connectivity index (χ2v) is 24.9. The van der Waals surface area contributed by atoms with E-state index >= 15 is 0 Å². The molecular formula is C52H82O22. The summed E-state index contributed by atoms with van der Waals surface area (Å²) in [4.78, 5) is 26.3. The van der Waals surface area contributed by atoms with Gasteiger partial charge in [-0.15, -0.1) is 0 Å². The first-order chi connectivity index (χ1) is 34.3. The second kappa shape index (κ2) is 19.8. The Balaban J connectivity index is 1.15. The van der Waals surface area contributed by atoms with Gasteiger partial charge >= 0.3 is 11.9 Å². The number of carbonyl (C=O) groups excluding carboxylic acids is 1. The highest BCUT2D eigenvalue weighted by Crippen LogP contribution is 2.76. The highest BCUT2D eigenvalue weighted by atomic mass is 16.8. The lowest BCUT2D eigenvalue weighted by Gasteiger charge is -2.73. The number of carbonyl (C=O) groups is 2. The molecular weight excluding hydrogens is 977 g/mol. The monoisotopic (exact) mass is 1060 g/mol. The van der Waals surface area contributed by atoms with E-state index in [0.717, 1.165) is 5.57 Å². The Morgan fingerprint density at radius 1 is 0.757 bits per heavy atom. The van der Waals surface area contributed by atoms with Crippen molar-refractivity contribution in [2.24, 2.45) is 50.2 Å². The van der Waals surface area contributed by atoms with Crippen molar-refractivity contribution < 1.29 is 110 Å². The molecule has 3 heterocycles. The maximum absolute atomic E-state index is 13.4. The molecule has 14 N–H and O–H groups in total. The van der Waals surface area contributed by atoms with Gasteiger partial charge in [-0.1, -0.05) is 66.2 Å². The first kappa shape index (κ1) is 57.9. The number of hydrogen-bond acceptors (Lipinski definition) is 21. The Hall–Kier alpha value is -2.30. The molecule has 3 saturated heterocycles. The van der Waals surface area contributed by atoms with E-state index in [0.29, 0.717) is 32.1 Å². The minimum Gasteiger partial charge on any atom is -0.479 e. The van der Waals surface area contributed by atoms with Crippen LogP contribution in [0.3, 0.4) is 0 Å². The SMILES string of the molecule is C/C=C(/C)C(=O)O[C@H]1[C@H](O)C(C)(C)C[C@H]2C3=CC[C@@H]4[C@@]5(C)CC[C@H](O[C@@H]6O[C@H](C(=O)O)[C@@H](O)[C@@](O)([C@@H]7OC[C@H](O)[C@H](O)[C@H]7O)[C@H]6O[C@@H]6O[C@H](CO)[C@@H](O)[C@H](O)[C@H]6O)C(C)(C)[C@@H]5CC[C@@]4(C)[C@]3(C)[C@@H](O)[C@@H](O)[C@]21CO. The minimum atomic E-state index is -3.13. The maximum atomic E-state index is 13.4. The van der Waals surface area contributed by atoms with Gasteiger partial charge in [0.1, 0.15) is 67.1 Å². The number of rotatable bonds is 10. The first-order valence-corrected chi connectivity index (χ1v) is 26.1. The third-order valence-corrected chi connectivity index (χ3v) is 20.8. The lowest BCUT2D eigenvalue weighted by molar-refractivity contribution is -0.410. The van der Waals surface area contributed by atoms with E-state index in [9.17, 15) is 81.1 Å². The van der Waals surface area contributed by atoms with Crippen LogP contribution in [0.15, 0.2) is 23.3 Å². The zero-order chi connectivity index (χ0) is 55.0. The minimum absolute atomic E-state index is 0.157. The van der Waals surface area contributed by atoms with Crippen molar-refractivity contribution in [2.75, 3.05) is 19.8 Å². The van der Waals surface area contributed by atoms with Gasteiger partial charge in [-0.25, -0.2) is 9.59 Å². The Morgan fingerprint density at radius 3 is 2.03 bits per heavy atom. The molecule has 0 aromatic rings. The fraction of sp³-hybridized carbons (Fsp3) is 0.885. The van der Waals surface area contributed by atoms with E-state index in [2.05, 4.69) is 19.9 Å². The molecule has 0 amide bonds. The molecule has 74 heavy (non-hydrogen) atoms. The summed E-state index contributed by atoms with van der Waals surface area (Å²) in [7, 11) is 0. The molecule has 0 bridgehead atoms. The van der Waals surface area contributed by atoms with Gasteiger partial charge in [0.2, 0.25) is 0 Å². The highest BCUT2D eigenvalue weighted by Gasteiger charge is 2.76. The van der Waals surface area contributed by atoms with Gasteiger partial charge in [0.05, 0.1) is 49.7 Å². The molecule has 422 valence electrons. The number of carboxylic acid groups (broad SMARTS) is 1. The van der Waals surface area contributed by atoms with Gasteiger partial charge in [0.25, 0.3) is 0 Å². The van der Waals surface area contributed by atoms with E-state index in [4.69, 9.17) is 28.4 Å². The molecule has 5 aliphatic carbocycles. The third-order valence-electron chi connectivity index (χ3n) is 20.8. The molecule has 26 atom stereocenters. The Labute approximate surface area is 430 Å². The fourth-order valence-corrected chi connectivity index (χ4v) is 16.1. The highest BCUT2D eigenvalue weighted by molar-refractivity contribution is 5.87. The number of carboxylic acids is 1. The second-order valence-electron chi connectivity index (χ2n) is 24.9. The molecule has 0 aromatic carbocycles. The van der Waals surface area contributed by atoms with Crippen molar-refractivity contribution in [1.82, 2.24) is 0 Å². The Kier molecular flexibility index (Phi) is 15.5. The van der Waals surface area contributed by atoms with Gasteiger partial charge in [-0.05, 0) is 91.8 Å². The Bertz CT molecular complexity index is 2170. The molecule has 22 heteroatoms. The number of esters is 1.